The fraction of sp³-hybridized carbons (Fsp3) is 0.316. The second kappa shape index (κ2) is 7.26. The van der Waals surface area contributed by atoms with Crippen molar-refractivity contribution >= 4 is 23.5 Å². The number of hydrogen-bond donors (Lipinski definition) is 1. The first-order valence-electron chi connectivity index (χ1n) is 8.10. The third kappa shape index (κ3) is 3.56. The largest absolute Gasteiger partial charge is 0.323 e. The van der Waals surface area contributed by atoms with Gasteiger partial charge in [0.15, 0.2) is 0 Å². The molecule has 1 fully saturated rings. The molecule has 2 aromatic carbocycles. The normalized spacial score (nSPS) is 17.3. The van der Waals surface area contributed by atoms with E-state index in [2.05, 4.69) is 19.2 Å². The van der Waals surface area contributed by atoms with E-state index in [1.165, 1.54) is 11.6 Å². The van der Waals surface area contributed by atoms with E-state index >= 15 is 0 Å². The average Bonchev–Trinajstić information content (AvgIpc) is 3.05. The van der Waals surface area contributed by atoms with Crippen LogP contribution in [0.1, 0.15) is 36.3 Å². The van der Waals surface area contributed by atoms with Crippen molar-refractivity contribution in [3.05, 3.63) is 65.5 Å². The van der Waals surface area contributed by atoms with Crippen LogP contribution in [0, 0.1) is 5.82 Å². The highest BCUT2D eigenvalue weighted by Gasteiger charge is 2.32. The van der Waals surface area contributed by atoms with Gasteiger partial charge in [-0.3, -0.25) is 0 Å². The highest BCUT2D eigenvalue weighted by molar-refractivity contribution is 7.99. The highest BCUT2D eigenvalue weighted by atomic mass is 32.2. The Morgan fingerprint density at radius 2 is 1.92 bits per heavy atom. The van der Waals surface area contributed by atoms with Gasteiger partial charge in [-0.15, -0.1) is 11.8 Å². The summed E-state index contributed by atoms with van der Waals surface area (Å²) in [5.74, 6) is 0.991. The van der Waals surface area contributed by atoms with Crippen LogP contribution >= 0.6 is 11.8 Å². The second-order valence-corrected chi connectivity index (χ2v) is 7.33. The standard InChI is InChI=1S/C19H21FN2OS/c1-13(2)14-7-9-15(10-8-14)21-19(23)22-11-12-24-18(22)16-5-3-4-6-17(16)20/h3-10,13,18H,11-12H2,1-2H3,(H,21,23). The molecular weight excluding hydrogens is 323 g/mol. The van der Waals surface area contributed by atoms with Gasteiger partial charge in [-0.05, 0) is 29.7 Å². The lowest BCUT2D eigenvalue weighted by atomic mass is 10.0. The maximum absolute atomic E-state index is 14.1. The maximum atomic E-state index is 14.1. The number of anilines is 1. The number of nitrogens with zero attached hydrogens (tertiary/aromatic N) is 1. The van der Waals surface area contributed by atoms with Crippen molar-refractivity contribution in [2.24, 2.45) is 0 Å². The van der Waals surface area contributed by atoms with Crippen LogP contribution in [0.15, 0.2) is 48.5 Å². The van der Waals surface area contributed by atoms with Gasteiger partial charge in [0, 0.05) is 23.5 Å². The van der Waals surface area contributed by atoms with Gasteiger partial charge in [0.25, 0.3) is 0 Å². The summed E-state index contributed by atoms with van der Waals surface area (Å²) < 4.78 is 14.1. The summed E-state index contributed by atoms with van der Waals surface area (Å²) in [5.41, 5.74) is 2.55. The lowest BCUT2D eigenvalue weighted by molar-refractivity contribution is 0.213. The molecule has 1 aliphatic rings. The van der Waals surface area contributed by atoms with Crippen LogP contribution in [0.25, 0.3) is 0 Å². The predicted octanol–water partition coefficient (Wildman–Crippen LogP) is 5.23. The summed E-state index contributed by atoms with van der Waals surface area (Å²) in [6.07, 6.45) is 0. The molecule has 0 spiro atoms. The van der Waals surface area contributed by atoms with E-state index in [-0.39, 0.29) is 17.2 Å². The molecule has 0 saturated carbocycles. The number of urea groups is 1. The summed E-state index contributed by atoms with van der Waals surface area (Å²) in [7, 11) is 0. The third-order valence-corrected chi connectivity index (χ3v) is 5.39. The summed E-state index contributed by atoms with van der Waals surface area (Å²) >= 11 is 1.59. The Hall–Kier alpha value is -2.01. The quantitative estimate of drug-likeness (QED) is 0.827. The molecule has 24 heavy (non-hydrogen) atoms. The van der Waals surface area contributed by atoms with Crippen LogP contribution < -0.4 is 5.32 Å². The highest BCUT2D eigenvalue weighted by Crippen LogP contribution is 2.39. The van der Waals surface area contributed by atoms with Gasteiger partial charge in [-0.1, -0.05) is 44.2 Å². The lowest BCUT2D eigenvalue weighted by Gasteiger charge is -2.24. The van der Waals surface area contributed by atoms with E-state index in [4.69, 9.17) is 0 Å². The number of thioether (sulfide) groups is 1. The van der Waals surface area contributed by atoms with Gasteiger partial charge >= 0.3 is 6.03 Å². The topological polar surface area (TPSA) is 32.3 Å². The number of halogens is 1. The molecule has 0 aromatic heterocycles. The molecule has 3 nitrogen and oxygen atoms in total. The molecular formula is C19H21FN2OS. The number of carbonyl (C=O) groups is 1. The number of carbonyl (C=O) groups excluding carboxylic acids is 1. The Labute approximate surface area is 146 Å². The van der Waals surface area contributed by atoms with Crippen LogP contribution in [0.2, 0.25) is 0 Å². The SMILES string of the molecule is CC(C)c1ccc(NC(=O)N2CCSC2c2ccccc2F)cc1. The molecule has 1 unspecified atom stereocenters. The average molecular weight is 344 g/mol. The molecule has 2 aromatic rings. The number of rotatable bonds is 3. The minimum atomic E-state index is -0.277. The number of amides is 2. The molecule has 5 heteroatoms. The molecule has 2 amide bonds. The van der Waals surface area contributed by atoms with Crippen molar-refractivity contribution in [3.63, 3.8) is 0 Å². The summed E-state index contributed by atoms with van der Waals surface area (Å²) in [5, 5.41) is 2.64. The van der Waals surface area contributed by atoms with Crippen molar-refractivity contribution in [2.75, 3.05) is 17.6 Å². The Balaban J connectivity index is 1.73. The first kappa shape index (κ1) is 16.8. The smallest absolute Gasteiger partial charge is 0.308 e. The Kier molecular flexibility index (Phi) is 5.09. The van der Waals surface area contributed by atoms with Crippen molar-refractivity contribution in [3.8, 4) is 0 Å². The van der Waals surface area contributed by atoms with Gasteiger partial charge in [-0.2, -0.15) is 0 Å². The van der Waals surface area contributed by atoms with Gasteiger partial charge < -0.3 is 10.2 Å². The molecule has 126 valence electrons. The molecule has 3 rings (SSSR count). The predicted molar refractivity (Wildman–Crippen MR) is 97.9 cm³/mol. The lowest BCUT2D eigenvalue weighted by Crippen LogP contribution is -2.34. The van der Waals surface area contributed by atoms with E-state index in [0.717, 1.165) is 11.4 Å². The van der Waals surface area contributed by atoms with E-state index in [1.807, 2.05) is 24.3 Å². The second-order valence-electron chi connectivity index (χ2n) is 6.14. The zero-order valence-electron chi connectivity index (χ0n) is 13.8. The Morgan fingerprint density at radius 1 is 1.21 bits per heavy atom. The van der Waals surface area contributed by atoms with Gasteiger partial charge in [0.05, 0.1) is 0 Å². The van der Waals surface area contributed by atoms with E-state index in [0.29, 0.717) is 18.0 Å². The molecule has 1 aliphatic heterocycles. The van der Waals surface area contributed by atoms with E-state index < -0.39 is 0 Å². The summed E-state index contributed by atoms with van der Waals surface area (Å²) in [6.45, 7) is 4.88. The number of hydrogen-bond acceptors (Lipinski definition) is 2. The molecule has 1 atom stereocenters. The molecule has 1 heterocycles. The van der Waals surface area contributed by atoms with Crippen LogP contribution in [-0.2, 0) is 0 Å². The van der Waals surface area contributed by atoms with Crippen LogP contribution in [0.4, 0.5) is 14.9 Å². The maximum Gasteiger partial charge on any atom is 0.323 e. The number of nitrogens with one attached hydrogen (secondary N) is 1. The first-order chi connectivity index (χ1) is 11.6. The van der Waals surface area contributed by atoms with Gasteiger partial charge in [-0.25, -0.2) is 9.18 Å². The van der Waals surface area contributed by atoms with E-state index in [9.17, 15) is 9.18 Å². The van der Waals surface area contributed by atoms with Crippen molar-refractivity contribution < 1.29 is 9.18 Å². The zero-order valence-corrected chi connectivity index (χ0v) is 14.6. The monoisotopic (exact) mass is 344 g/mol. The van der Waals surface area contributed by atoms with Crippen molar-refractivity contribution in [1.82, 2.24) is 4.90 Å². The van der Waals surface area contributed by atoms with Crippen LogP contribution in [0.5, 0.6) is 0 Å². The van der Waals surface area contributed by atoms with Gasteiger partial charge in [0.1, 0.15) is 11.2 Å². The summed E-state index contributed by atoms with van der Waals surface area (Å²) in [6, 6.07) is 14.3. The van der Waals surface area contributed by atoms with Crippen molar-refractivity contribution in [2.45, 2.75) is 25.1 Å². The zero-order chi connectivity index (χ0) is 17.1. The fourth-order valence-electron chi connectivity index (χ4n) is 2.76. The molecule has 0 radical (unpaired) electrons. The first-order valence-corrected chi connectivity index (χ1v) is 9.15. The summed E-state index contributed by atoms with van der Waals surface area (Å²) in [4.78, 5) is 14.3. The molecule has 1 N–H and O–H groups in total. The molecule has 1 saturated heterocycles. The van der Waals surface area contributed by atoms with Crippen molar-refractivity contribution in [1.29, 1.82) is 0 Å². The number of benzene rings is 2. The fourth-order valence-corrected chi connectivity index (χ4v) is 4.03. The Bertz CT molecular complexity index is 718. The molecule has 0 aliphatic carbocycles. The third-order valence-electron chi connectivity index (χ3n) is 4.15. The molecule has 0 bridgehead atoms. The Morgan fingerprint density at radius 3 is 2.58 bits per heavy atom. The van der Waals surface area contributed by atoms with Crippen LogP contribution in [-0.4, -0.2) is 23.2 Å². The van der Waals surface area contributed by atoms with E-state index in [1.54, 1.807) is 34.9 Å². The minimum absolute atomic E-state index is 0.189. The minimum Gasteiger partial charge on any atom is -0.308 e. The van der Waals surface area contributed by atoms with Gasteiger partial charge in [0.2, 0.25) is 0 Å². The van der Waals surface area contributed by atoms with Crippen LogP contribution in [0.3, 0.4) is 0 Å².